The molecule has 0 radical (unpaired) electrons. The molecule has 0 aliphatic heterocycles. The molecular formula is C17H25N3. The van der Waals surface area contributed by atoms with Crippen LogP contribution in [0.3, 0.4) is 0 Å². The highest BCUT2D eigenvalue weighted by molar-refractivity contribution is 5.79. The zero-order chi connectivity index (χ0) is 13.9. The van der Waals surface area contributed by atoms with Crippen LogP contribution in [0.4, 0.5) is 5.69 Å². The maximum atomic E-state index is 5.91. The number of hydrogen-bond donors (Lipinski definition) is 1. The molecule has 1 aromatic heterocycles. The largest absolute Gasteiger partial charge is 0.399 e. The van der Waals surface area contributed by atoms with Gasteiger partial charge in [-0.15, -0.1) is 0 Å². The van der Waals surface area contributed by atoms with Crippen molar-refractivity contribution >= 4 is 16.7 Å². The summed E-state index contributed by atoms with van der Waals surface area (Å²) in [5.41, 5.74) is 9.06. The minimum absolute atomic E-state index is 0.632. The highest BCUT2D eigenvalue weighted by Crippen LogP contribution is 2.32. The fraction of sp³-hybridized carbons (Fsp3) is 0.588. The molecule has 1 fully saturated rings. The molecule has 1 saturated carbocycles. The van der Waals surface area contributed by atoms with Gasteiger partial charge in [0.2, 0.25) is 0 Å². The summed E-state index contributed by atoms with van der Waals surface area (Å²) >= 11 is 0. The number of hydrogen-bond acceptors (Lipinski definition) is 2. The Bertz CT molecular complexity index is 577. The monoisotopic (exact) mass is 271 g/mol. The summed E-state index contributed by atoms with van der Waals surface area (Å²) in [7, 11) is 0. The van der Waals surface area contributed by atoms with Gasteiger partial charge < -0.3 is 10.3 Å². The van der Waals surface area contributed by atoms with Gasteiger partial charge in [-0.05, 0) is 37.5 Å². The molecule has 0 spiro atoms. The molecule has 3 rings (SSSR count). The zero-order valence-electron chi connectivity index (χ0n) is 12.4. The van der Waals surface area contributed by atoms with E-state index in [0.29, 0.717) is 6.04 Å². The number of anilines is 1. The second-order valence-electron chi connectivity index (χ2n) is 6.04. The first-order valence-corrected chi connectivity index (χ1v) is 8.06. The first-order valence-electron chi connectivity index (χ1n) is 8.06. The fourth-order valence-electron chi connectivity index (χ4n) is 3.49. The molecule has 0 unspecified atom stereocenters. The Balaban J connectivity index is 2.07. The van der Waals surface area contributed by atoms with Crippen molar-refractivity contribution < 1.29 is 0 Å². The molecule has 0 atom stereocenters. The topological polar surface area (TPSA) is 43.8 Å². The van der Waals surface area contributed by atoms with E-state index in [0.717, 1.165) is 24.0 Å². The van der Waals surface area contributed by atoms with Crippen LogP contribution in [-0.2, 0) is 6.42 Å². The van der Waals surface area contributed by atoms with Gasteiger partial charge in [-0.1, -0.05) is 32.6 Å². The third kappa shape index (κ3) is 2.54. The molecule has 1 aliphatic carbocycles. The van der Waals surface area contributed by atoms with Crippen molar-refractivity contribution in [2.75, 3.05) is 5.73 Å². The van der Waals surface area contributed by atoms with Crippen molar-refractivity contribution in [2.45, 2.75) is 64.3 Å². The van der Waals surface area contributed by atoms with E-state index in [4.69, 9.17) is 10.7 Å². The van der Waals surface area contributed by atoms with Gasteiger partial charge in [-0.25, -0.2) is 4.98 Å². The number of rotatable bonds is 3. The van der Waals surface area contributed by atoms with E-state index < -0.39 is 0 Å². The predicted molar refractivity (Wildman–Crippen MR) is 84.9 cm³/mol. The van der Waals surface area contributed by atoms with Gasteiger partial charge in [0.05, 0.1) is 11.0 Å². The average Bonchev–Trinajstić information content (AvgIpc) is 2.63. The number of nitrogens with two attached hydrogens (primary N) is 1. The molecule has 1 heterocycles. The molecule has 3 nitrogen and oxygen atoms in total. The molecule has 0 bridgehead atoms. The second kappa shape index (κ2) is 5.86. The van der Waals surface area contributed by atoms with E-state index in [1.165, 1.54) is 49.9 Å². The average molecular weight is 271 g/mol. The molecule has 0 amide bonds. The summed E-state index contributed by atoms with van der Waals surface area (Å²) in [6, 6.07) is 6.81. The van der Waals surface area contributed by atoms with Crippen LogP contribution in [0.5, 0.6) is 0 Å². The normalized spacial score (nSPS) is 17.4. The van der Waals surface area contributed by atoms with E-state index >= 15 is 0 Å². The molecule has 2 N–H and O–H groups in total. The first-order chi connectivity index (χ1) is 9.79. The summed E-state index contributed by atoms with van der Waals surface area (Å²) in [5, 5.41) is 0. The molecular weight excluding hydrogens is 246 g/mol. The smallest absolute Gasteiger partial charge is 0.110 e. The summed E-state index contributed by atoms with van der Waals surface area (Å²) in [5.74, 6) is 1.25. The van der Waals surface area contributed by atoms with Gasteiger partial charge in [0.25, 0.3) is 0 Å². The number of nitrogen functional groups attached to an aromatic ring is 1. The number of aromatic nitrogens is 2. The summed E-state index contributed by atoms with van der Waals surface area (Å²) < 4.78 is 2.52. The molecule has 1 aromatic carbocycles. The summed E-state index contributed by atoms with van der Waals surface area (Å²) in [6.45, 7) is 2.23. The Morgan fingerprint density at radius 2 is 1.95 bits per heavy atom. The molecule has 1 aliphatic rings. The van der Waals surface area contributed by atoms with Gasteiger partial charge in [-0.3, -0.25) is 0 Å². The Hall–Kier alpha value is -1.51. The van der Waals surface area contributed by atoms with E-state index in [1.54, 1.807) is 0 Å². The Morgan fingerprint density at radius 1 is 1.20 bits per heavy atom. The summed E-state index contributed by atoms with van der Waals surface area (Å²) in [4.78, 5) is 4.85. The van der Waals surface area contributed by atoms with Crippen LogP contribution < -0.4 is 5.73 Å². The van der Waals surface area contributed by atoms with Crippen molar-refractivity contribution in [3.05, 3.63) is 24.0 Å². The Kier molecular flexibility index (Phi) is 3.95. The van der Waals surface area contributed by atoms with Gasteiger partial charge in [-0.2, -0.15) is 0 Å². The molecule has 0 saturated heterocycles. The highest BCUT2D eigenvalue weighted by Gasteiger charge is 2.20. The maximum absolute atomic E-state index is 5.91. The first kappa shape index (κ1) is 13.5. The van der Waals surface area contributed by atoms with Gasteiger partial charge in [0.1, 0.15) is 5.82 Å². The number of aryl methyl sites for hydroxylation is 1. The highest BCUT2D eigenvalue weighted by atomic mass is 15.1. The van der Waals surface area contributed by atoms with Gasteiger partial charge >= 0.3 is 0 Å². The minimum atomic E-state index is 0.632. The zero-order valence-corrected chi connectivity index (χ0v) is 12.4. The predicted octanol–water partition coefficient (Wildman–Crippen LogP) is 4.47. The lowest BCUT2D eigenvalue weighted by molar-refractivity contribution is 0.439. The van der Waals surface area contributed by atoms with E-state index in [1.807, 2.05) is 12.1 Å². The van der Waals surface area contributed by atoms with Crippen molar-refractivity contribution in [1.82, 2.24) is 9.55 Å². The van der Waals surface area contributed by atoms with Crippen LogP contribution >= 0.6 is 0 Å². The quantitative estimate of drug-likeness (QED) is 0.661. The van der Waals surface area contributed by atoms with Crippen LogP contribution in [0.15, 0.2) is 18.2 Å². The van der Waals surface area contributed by atoms with Crippen molar-refractivity contribution in [3.63, 3.8) is 0 Å². The Morgan fingerprint density at radius 3 is 2.65 bits per heavy atom. The van der Waals surface area contributed by atoms with Crippen LogP contribution in [-0.4, -0.2) is 9.55 Å². The third-order valence-corrected chi connectivity index (χ3v) is 4.45. The van der Waals surface area contributed by atoms with Gasteiger partial charge in [0, 0.05) is 18.2 Å². The molecule has 20 heavy (non-hydrogen) atoms. The lowest BCUT2D eigenvalue weighted by Gasteiger charge is -2.20. The third-order valence-electron chi connectivity index (χ3n) is 4.45. The van der Waals surface area contributed by atoms with Gasteiger partial charge in [0.15, 0.2) is 0 Å². The van der Waals surface area contributed by atoms with Crippen LogP contribution in [0.1, 0.15) is 63.7 Å². The number of benzene rings is 1. The molecule has 108 valence electrons. The van der Waals surface area contributed by atoms with Crippen LogP contribution in [0.2, 0.25) is 0 Å². The SMILES string of the molecule is CCCc1nc2cc(N)ccc2n1C1CCCCCC1. The number of fused-ring (bicyclic) bond motifs is 1. The minimum Gasteiger partial charge on any atom is -0.399 e. The van der Waals surface area contributed by atoms with E-state index in [9.17, 15) is 0 Å². The molecule has 3 heteroatoms. The van der Waals surface area contributed by atoms with Crippen molar-refractivity contribution in [1.29, 1.82) is 0 Å². The van der Waals surface area contributed by atoms with E-state index in [2.05, 4.69) is 17.6 Å². The summed E-state index contributed by atoms with van der Waals surface area (Å²) in [6.07, 6.45) is 10.3. The second-order valence-corrected chi connectivity index (χ2v) is 6.04. The van der Waals surface area contributed by atoms with Crippen LogP contribution in [0.25, 0.3) is 11.0 Å². The lowest BCUT2D eigenvalue weighted by atomic mass is 10.1. The fourth-order valence-corrected chi connectivity index (χ4v) is 3.49. The number of nitrogens with zero attached hydrogens (tertiary/aromatic N) is 2. The molecule has 2 aromatic rings. The number of imidazole rings is 1. The maximum Gasteiger partial charge on any atom is 0.110 e. The van der Waals surface area contributed by atoms with Crippen molar-refractivity contribution in [3.8, 4) is 0 Å². The Labute approximate surface area is 121 Å². The van der Waals surface area contributed by atoms with E-state index in [-0.39, 0.29) is 0 Å². The van der Waals surface area contributed by atoms with Crippen LogP contribution in [0, 0.1) is 0 Å². The standard InChI is InChI=1S/C17H25N3/c1-2-7-17-19-15-12-13(18)10-11-16(15)20(17)14-8-5-3-4-6-9-14/h10-12,14H,2-9,18H2,1H3. The van der Waals surface area contributed by atoms with Crippen molar-refractivity contribution in [2.24, 2.45) is 0 Å². The lowest BCUT2D eigenvalue weighted by Crippen LogP contribution is -2.11.